The molecular formula is C17H23N3O. The molecule has 1 aromatic carbocycles. The number of aromatic nitrogens is 1. The third-order valence-electron chi connectivity index (χ3n) is 4.26. The SMILES string of the molecule is Cc1ccc2cc(C(CCC3CCCO3)NN)ccc2n1. The summed E-state index contributed by atoms with van der Waals surface area (Å²) in [4.78, 5) is 4.54. The zero-order chi connectivity index (χ0) is 14.7. The van der Waals surface area contributed by atoms with E-state index in [4.69, 9.17) is 10.6 Å². The van der Waals surface area contributed by atoms with Gasteiger partial charge in [-0.2, -0.15) is 0 Å². The summed E-state index contributed by atoms with van der Waals surface area (Å²) in [5.74, 6) is 5.75. The summed E-state index contributed by atoms with van der Waals surface area (Å²) in [7, 11) is 0. The third-order valence-corrected chi connectivity index (χ3v) is 4.26. The standard InChI is InChI=1S/C17H23N3O/c1-12-4-5-13-11-14(6-8-16(13)19-12)17(20-18)9-7-15-3-2-10-21-15/h4-6,8,11,15,17,20H,2-3,7,9-10,18H2,1H3. The first-order valence-electron chi connectivity index (χ1n) is 7.71. The summed E-state index contributed by atoms with van der Waals surface area (Å²) in [6, 6.07) is 10.7. The molecule has 2 atom stereocenters. The monoisotopic (exact) mass is 285 g/mol. The van der Waals surface area contributed by atoms with E-state index in [1.54, 1.807) is 0 Å². The lowest BCUT2D eigenvalue weighted by molar-refractivity contribution is 0.0996. The summed E-state index contributed by atoms with van der Waals surface area (Å²) in [5, 5.41) is 1.16. The molecule has 0 spiro atoms. The number of hydrazine groups is 1. The van der Waals surface area contributed by atoms with E-state index in [1.165, 1.54) is 18.4 Å². The first-order chi connectivity index (χ1) is 10.3. The third kappa shape index (κ3) is 3.40. The number of hydrogen-bond donors (Lipinski definition) is 2. The largest absolute Gasteiger partial charge is 0.378 e. The highest BCUT2D eigenvalue weighted by Crippen LogP contribution is 2.25. The molecule has 3 rings (SSSR count). The van der Waals surface area contributed by atoms with Crippen molar-refractivity contribution in [2.24, 2.45) is 5.84 Å². The lowest BCUT2D eigenvalue weighted by Gasteiger charge is -2.19. The number of nitrogens with one attached hydrogen (secondary N) is 1. The van der Waals surface area contributed by atoms with E-state index in [0.29, 0.717) is 6.10 Å². The van der Waals surface area contributed by atoms with Gasteiger partial charge in [-0.25, -0.2) is 0 Å². The minimum atomic E-state index is 0.167. The van der Waals surface area contributed by atoms with Crippen LogP contribution in [0, 0.1) is 6.92 Å². The van der Waals surface area contributed by atoms with Crippen LogP contribution in [0.5, 0.6) is 0 Å². The van der Waals surface area contributed by atoms with E-state index in [1.807, 2.05) is 13.0 Å². The Balaban J connectivity index is 1.74. The first kappa shape index (κ1) is 14.4. The van der Waals surface area contributed by atoms with Gasteiger partial charge in [0.2, 0.25) is 0 Å². The average molecular weight is 285 g/mol. The average Bonchev–Trinajstić information content (AvgIpc) is 3.01. The summed E-state index contributed by atoms with van der Waals surface area (Å²) in [6.07, 6.45) is 4.82. The van der Waals surface area contributed by atoms with Gasteiger partial charge in [-0.3, -0.25) is 16.3 Å². The van der Waals surface area contributed by atoms with Crippen LogP contribution >= 0.6 is 0 Å². The fourth-order valence-electron chi connectivity index (χ4n) is 3.03. The summed E-state index contributed by atoms with van der Waals surface area (Å²) >= 11 is 0. The van der Waals surface area contributed by atoms with Crippen molar-refractivity contribution in [3.05, 3.63) is 41.6 Å². The number of benzene rings is 1. The van der Waals surface area contributed by atoms with Crippen LogP contribution < -0.4 is 11.3 Å². The highest BCUT2D eigenvalue weighted by atomic mass is 16.5. The van der Waals surface area contributed by atoms with Crippen LogP contribution in [0.2, 0.25) is 0 Å². The minimum absolute atomic E-state index is 0.167. The van der Waals surface area contributed by atoms with Crippen molar-refractivity contribution >= 4 is 10.9 Å². The normalized spacial score (nSPS) is 20.0. The number of pyridine rings is 1. The van der Waals surface area contributed by atoms with Gasteiger partial charge in [0.1, 0.15) is 0 Å². The van der Waals surface area contributed by atoms with Crippen molar-refractivity contribution in [1.29, 1.82) is 0 Å². The van der Waals surface area contributed by atoms with Crippen molar-refractivity contribution in [1.82, 2.24) is 10.4 Å². The Labute approximate surface area is 125 Å². The fourth-order valence-corrected chi connectivity index (χ4v) is 3.03. The molecule has 2 heterocycles. The molecule has 0 amide bonds. The number of rotatable bonds is 5. The second-order valence-corrected chi connectivity index (χ2v) is 5.84. The number of nitrogens with zero attached hydrogens (tertiary/aromatic N) is 1. The zero-order valence-electron chi connectivity index (χ0n) is 12.5. The molecule has 1 aliphatic heterocycles. The quantitative estimate of drug-likeness (QED) is 0.655. The van der Waals surface area contributed by atoms with Gasteiger partial charge in [0.25, 0.3) is 0 Å². The molecular weight excluding hydrogens is 262 g/mol. The first-order valence-corrected chi connectivity index (χ1v) is 7.71. The van der Waals surface area contributed by atoms with E-state index in [9.17, 15) is 0 Å². The Kier molecular flexibility index (Phi) is 4.48. The number of fused-ring (bicyclic) bond motifs is 1. The van der Waals surface area contributed by atoms with Crippen molar-refractivity contribution in [2.45, 2.75) is 44.8 Å². The van der Waals surface area contributed by atoms with E-state index in [2.05, 4.69) is 34.7 Å². The zero-order valence-corrected chi connectivity index (χ0v) is 12.5. The summed E-state index contributed by atoms with van der Waals surface area (Å²) in [5.41, 5.74) is 6.24. The molecule has 21 heavy (non-hydrogen) atoms. The number of aryl methyl sites for hydroxylation is 1. The molecule has 4 nitrogen and oxygen atoms in total. The molecule has 3 N–H and O–H groups in total. The highest BCUT2D eigenvalue weighted by Gasteiger charge is 2.18. The molecule has 0 bridgehead atoms. The number of ether oxygens (including phenoxy) is 1. The Bertz CT molecular complexity index is 608. The molecule has 112 valence electrons. The Morgan fingerprint density at radius 1 is 1.38 bits per heavy atom. The molecule has 4 heteroatoms. The summed E-state index contributed by atoms with van der Waals surface area (Å²) in [6.45, 7) is 2.92. The van der Waals surface area contributed by atoms with Crippen molar-refractivity contribution in [3.8, 4) is 0 Å². The van der Waals surface area contributed by atoms with Crippen LogP contribution in [0.3, 0.4) is 0 Å². The lowest BCUT2D eigenvalue weighted by atomic mass is 9.98. The van der Waals surface area contributed by atoms with Gasteiger partial charge in [-0.15, -0.1) is 0 Å². The second-order valence-electron chi connectivity index (χ2n) is 5.84. The van der Waals surface area contributed by atoms with Crippen LogP contribution in [0.25, 0.3) is 10.9 Å². The maximum atomic E-state index is 5.75. The Morgan fingerprint density at radius 2 is 2.29 bits per heavy atom. The number of hydrogen-bond acceptors (Lipinski definition) is 4. The predicted molar refractivity (Wildman–Crippen MR) is 84.8 cm³/mol. The van der Waals surface area contributed by atoms with Crippen LogP contribution in [0.15, 0.2) is 30.3 Å². The topological polar surface area (TPSA) is 60.2 Å². The molecule has 1 aliphatic rings. The van der Waals surface area contributed by atoms with Gasteiger partial charge < -0.3 is 4.74 Å². The van der Waals surface area contributed by atoms with Crippen molar-refractivity contribution < 1.29 is 4.74 Å². The maximum absolute atomic E-state index is 5.75. The lowest BCUT2D eigenvalue weighted by Crippen LogP contribution is -2.28. The Morgan fingerprint density at radius 3 is 3.05 bits per heavy atom. The molecule has 1 saturated heterocycles. The van der Waals surface area contributed by atoms with Crippen LogP contribution in [0.4, 0.5) is 0 Å². The fraction of sp³-hybridized carbons (Fsp3) is 0.471. The van der Waals surface area contributed by atoms with Crippen LogP contribution in [0.1, 0.15) is 43.0 Å². The molecule has 1 aromatic heterocycles. The van der Waals surface area contributed by atoms with Gasteiger partial charge in [-0.05, 0) is 56.4 Å². The molecule has 0 aliphatic carbocycles. The van der Waals surface area contributed by atoms with Gasteiger partial charge >= 0.3 is 0 Å². The van der Waals surface area contributed by atoms with Crippen LogP contribution in [-0.2, 0) is 4.74 Å². The smallest absolute Gasteiger partial charge is 0.0705 e. The van der Waals surface area contributed by atoms with Gasteiger partial charge in [0.05, 0.1) is 11.6 Å². The van der Waals surface area contributed by atoms with Gasteiger partial charge in [0.15, 0.2) is 0 Å². The van der Waals surface area contributed by atoms with Crippen LogP contribution in [-0.4, -0.2) is 17.7 Å². The van der Waals surface area contributed by atoms with E-state index < -0.39 is 0 Å². The predicted octanol–water partition coefficient (Wildman–Crippen LogP) is 3.01. The van der Waals surface area contributed by atoms with E-state index in [-0.39, 0.29) is 6.04 Å². The maximum Gasteiger partial charge on any atom is 0.0705 e. The molecule has 1 fully saturated rings. The molecule has 2 unspecified atom stereocenters. The number of nitrogens with two attached hydrogens (primary N) is 1. The molecule has 2 aromatic rings. The van der Waals surface area contributed by atoms with E-state index >= 15 is 0 Å². The minimum Gasteiger partial charge on any atom is -0.378 e. The molecule has 0 radical (unpaired) electrons. The Hall–Kier alpha value is -1.49. The molecule has 0 saturated carbocycles. The van der Waals surface area contributed by atoms with Gasteiger partial charge in [-0.1, -0.05) is 12.1 Å². The summed E-state index contributed by atoms with van der Waals surface area (Å²) < 4.78 is 5.69. The van der Waals surface area contributed by atoms with Crippen molar-refractivity contribution in [2.75, 3.05) is 6.61 Å². The second kappa shape index (κ2) is 6.52. The van der Waals surface area contributed by atoms with E-state index in [0.717, 1.165) is 36.0 Å². The van der Waals surface area contributed by atoms with Gasteiger partial charge in [0, 0.05) is 23.7 Å². The van der Waals surface area contributed by atoms with Crippen molar-refractivity contribution in [3.63, 3.8) is 0 Å². The highest BCUT2D eigenvalue weighted by molar-refractivity contribution is 5.79.